The molecule has 0 atom stereocenters. The zero-order chi connectivity index (χ0) is 23.6. The third kappa shape index (κ3) is 5.08. The molecule has 0 saturated heterocycles. The first-order chi connectivity index (χ1) is 15.8. The number of rotatable bonds is 6. The summed E-state index contributed by atoms with van der Waals surface area (Å²) in [6.07, 6.45) is 3.49. The second kappa shape index (κ2) is 9.59. The Morgan fingerprint density at radius 2 is 1.73 bits per heavy atom. The summed E-state index contributed by atoms with van der Waals surface area (Å²) in [7, 11) is -4.07. The molecule has 5 nitrogen and oxygen atoms in total. The van der Waals surface area contributed by atoms with Gasteiger partial charge in [0.1, 0.15) is 18.1 Å². The highest BCUT2D eigenvalue weighted by Crippen LogP contribution is 2.37. The van der Waals surface area contributed by atoms with E-state index in [0.717, 1.165) is 6.07 Å². The molecule has 10 heteroatoms. The van der Waals surface area contributed by atoms with E-state index in [2.05, 4.69) is 4.74 Å². The van der Waals surface area contributed by atoms with Gasteiger partial charge in [0.15, 0.2) is 0 Å². The second-order valence-electron chi connectivity index (χ2n) is 6.97. The number of anilines is 1. The van der Waals surface area contributed by atoms with Gasteiger partial charge in [0, 0.05) is 21.7 Å². The topological polar surface area (TPSA) is 55.8 Å². The zero-order valence-corrected chi connectivity index (χ0v) is 19.2. The van der Waals surface area contributed by atoms with Crippen LogP contribution in [0.25, 0.3) is 12.2 Å². The van der Waals surface area contributed by atoms with Crippen LogP contribution in [0.5, 0.6) is 11.5 Å². The minimum atomic E-state index is -4.07. The minimum absolute atomic E-state index is 0.0543. The van der Waals surface area contributed by atoms with E-state index < -0.39 is 16.6 Å². The molecule has 3 aromatic rings. The lowest BCUT2D eigenvalue weighted by Gasteiger charge is -2.30. The first-order valence-electron chi connectivity index (χ1n) is 9.72. The maximum Gasteiger partial charge on any atom is 0.387 e. The van der Waals surface area contributed by atoms with Crippen molar-refractivity contribution in [3.8, 4) is 11.5 Å². The van der Waals surface area contributed by atoms with Crippen LogP contribution in [0.15, 0.2) is 65.6 Å². The monoisotopic (exact) mass is 511 g/mol. The number of alkyl halides is 2. The molecule has 0 aliphatic carbocycles. The Balaban J connectivity index is 1.69. The quantitative estimate of drug-likeness (QED) is 0.361. The standard InChI is InChI=1S/C23H17Cl2F2NO4S/c24-19-5-2-6-20(25)18(19)9-7-15-8-10-22-21(13-15)28(11-12-31-22)33(29,30)17-4-1-3-16(14-17)32-23(26)27/h1-10,13-14,23H,11-12H2/b9-7+. The molecule has 0 fully saturated rings. The van der Waals surface area contributed by atoms with Gasteiger partial charge < -0.3 is 9.47 Å². The molecule has 1 aliphatic heterocycles. The molecule has 0 amide bonds. The highest BCUT2D eigenvalue weighted by atomic mass is 35.5. The summed E-state index contributed by atoms with van der Waals surface area (Å²) >= 11 is 12.4. The smallest absolute Gasteiger partial charge is 0.387 e. The first kappa shape index (κ1) is 23.4. The van der Waals surface area contributed by atoms with E-state index in [0.29, 0.717) is 32.6 Å². The van der Waals surface area contributed by atoms with Crippen LogP contribution in [-0.2, 0) is 10.0 Å². The van der Waals surface area contributed by atoms with Gasteiger partial charge in [-0.3, -0.25) is 4.31 Å². The molecule has 0 spiro atoms. The molecule has 3 aromatic carbocycles. The number of halogens is 4. The van der Waals surface area contributed by atoms with Crippen LogP contribution in [0.1, 0.15) is 11.1 Å². The van der Waals surface area contributed by atoms with Crippen molar-refractivity contribution in [3.05, 3.63) is 81.8 Å². The van der Waals surface area contributed by atoms with Gasteiger partial charge in [-0.2, -0.15) is 8.78 Å². The van der Waals surface area contributed by atoms with E-state index in [9.17, 15) is 17.2 Å². The Kier molecular flexibility index (Phi) is 6.78. The highest BCUT2D eigenvalue weighted by Gasteiger charge is 2.30. The molecule has 0 aromatic heterocycles. The number of ether oxygens (including phenoxy) is 2. The lowest BCUT2D eigenvalue weighted by Crippen LogP contribution is -2.38. The number of fused-ring (bicyclic) bond motifs is 1. The molecule has 33 heavy (non-hydrogen) atoms. The summed E-state index contributed by atoms with van der Waals surface area (Å²) in [5.74, 6) is 0.144. The number of benzene rings is 3. The Morgan fingerprint density at radius 1 is 1.00 bits per heavy atom. The lowest BCUT2D eigenvalue weighted by atomic mass is 10.1. The van der Waals surface area contributed by atoms with Crippen LogP contribution in [0.3, 0.4) is 0 Å². The molecule has 0 N–H and O–H groups in total. The third-order valence-electron chi connectivity index (χ3n) is 4.86. The summed E-state index contributed by atoms with van der Waals surface area (Å²) in [5.41, 5.74) is 1.65. The van der Waals surface area contributed by atoms with E-state index in [-0.39, 0.29) is 23.8 Å². The molecule has 0 unspecified atom stereocenters. The first-order valence-corrected chi connectivity index (χ1v) is 11.9. The van der Waals surface area contributed by atoms with Crippen molar-refractivity contribution < 1.29 is 26.7 Å². The maximum atomic E-state index is 13.3. The number of sulfonamides is 1. The van der Waals surface area contributed by atoms with Crippen molar-refractivity contribution in [2.45, 2.75) is 11.5 Å². The van der Waals surface area contributed by atoms with E-state index in [1.165, 1.54) is 22.5 Å². The fourth-order valence-electron chi connectivity index (χ4n) is 3.35. The Bertz CT molecular complexity index is 1300. The van der Waals surface area contributed by atoms with Crippen molar-refractivity contribution in [1.29, 1.82) is 0 Å². The van der Waals surface area contributed by atoms with Gasteiger partial charge in [-0.15, -0.1) is 0 Å². The molecule has 0 saturated carbocycles. The predicted molar refractivity (Wildman–Crippen MR) is 125 cm³/mol. The fourth-order valence-corrected chi connectivity index (χ4v) is 5.36. The molecule has 0 radical (unpaired) electrons. The van der Waals surface area contributed by atoms with Gasteiger partial charge in [-0.05, 0) is 42.0 Å². The molecule has 1 aliphatic rings. The molecule has 172 valence electrons. The van der Waals surface area contributed by atoms with Gasteiger partial charge in [-0.25, -0.2) is 8.42 Å². The summed E-state index contributed by atoms with van der Waals surface area (Å²) in [6, 6.07) is 15.3. The predicted octanol–water partition coefficient (Wildman–Crippen LogP) is 6.35. The minimum Gasteiger partial charge on any atom is -0.489 e. The van der Waals surface area contributed by atoms with E-state index in [4.69, 9.17) is 27.9 Å². The molecule has 1 heterocycles. The summed E-state index contributed by atoms with van der Waals surface area (Å²) in [5, 5.41) is 0.963. The van der Waals surface area contributed by atoms with Crippen LogP contribution in [0, 0.1) is 0 Å². The zero-order valence-electron chi connectivity index (χ0n) is 16.9. The van der Waals surface area contributed by atoms with Gasteiger partial charge in [0.25, 0.3) is 10.0 Å². The van der Waals surface area contributed by atoms with Crippen molar-refractivity contribution in [2.75, 3.05) is 17.5 Å². The van der Waals surface area contributed by atoms with Crippen LogP contribution in [0.4, 0.5) is 14.5 Å². The lowest BCUT2D eigenvalue weighted by molar-refractivity contribution is -0.0499. The number of hydrogen-bond donors (Lipinski definition) is 0. The Morgan fingerprint density at radius 3 is 2.45 bits per heavy atom. The molecule has 0 bridgehead atoms. The highest BCUT2D eigenvalue weighted by molar-refractivity contribution is 7.92. The van der Waals surface area contributed by atoms with Gasteiger partial charge in [0.2, 0.25) is 0 Å². The fraction of sp³-hybridized carbons (Fsp3) is 0.130. The number of nitrogens with zero attached hydrogens (tertiary/aromatic N) is 1. The van der Waals surface area contributed by atoms with Gasteiger partial charge in [-0.1, -0.05) is 53.6 Å². The van der Waals surface area contributed by atoms with Crippen LogP contribution in [-0.4, -0.2) is 28.2 Å². The van der Waals surface area contributed by atoms with Crippen LogP contribution in [0.2, 0.25) is 10.0 Å². The molecule has 4 rings (SSSR count). The van der Waals surface area contributed by atoms with Crippen molar-refractivity contribution >= 4 is 51.1 Å². The molecular formula is C23H17Cl2F2NO4S. The van der Waals surface area contributed by atoms with Crippen LogP contribution < -0.4 is 13.8 Å². The van der Waals surface area contributed by atoms with E-state index in [1.807, 2.05) is 0 Å². The summed E-state index contributed by atoms with van der Waals surface area (Å²) in [4.78, 5) is -0.169. The van der Waals surface area contributed by atoms with Crippen molar-refractivity contribution in [1.82, 2.24) is 0 Å². The summed E-state index contributed by atoms with van der Waals surface area (Å²) in [6.45, 7) is -2.86. The maximum absolute atomic E-state index is 13.3. The Labute approximate surface area is 199 Å². The van der Waals surface area contributed by atoms with Crippen molar-refractivity contribution in [2.24, 2.45) is 0 Å². The SMILES string of the molecule is O=S(=O)(c1cccc(OC(F)F)c1)N1CCOc2ccc(/C=C/c3c(Cl)cccc3Cl)cc21. The average Bonchev–Trinajstić information content (AvgIpc) is 2.78. The summed E-state index contributed by atoms with van der Waals surface area (Å²) < 4.78 is 63.0. The largest absolute Gasteiger partial charge is 0.489 e. The second-order valence-corrected chi connectivity index (χ2v) is 9.65. The number of hydrogen-bond acceptors (Lipinski definition) is 4. The van der Waals surface area contributed by atoms with E-state index >= 15 is 0 Å². The molecular weight excluding hydrogens is 495 g/mol. The van der Waals surface area contributed by atoms with Crippen molar-refractivity contribution in [3.63, 3.8) is 0 Å². The van der Waals surface area contributed by atoms with Crippen LogP contribution >= 0.6 is 23.2 Å². The van der Waals surface area contributed by atoms with E-state index in [1.54, 1.807) is 48.6 Å². The Hall–Kier alpha value is -2.81. The average molecular weight is 512 g/mol. The van der Waals surface area contributed by atoms with Gasteiger partial charge >= 0.3 is 6.61 Å². The normalized spacial score (nSPS) is 13.8. The van der Waals surface area contributed by atoms with Gasteiger partial charge in [0.05, 0.1) is 17.1 Å². The third-order valence-corrected chi connectivity index (χ3v) is 7.33.